The molecule has 0 amide bonds. The van der Waals surface area contributed by atoms with Crippen LogP contribution in [-0.2, 0) is 0 Å². The first kappa shape index (κ1) is 11.7. The summed E-state index contributed by atoms with van der Waals surface area (Å²) < 4.78 is 0. The van der Waals surface area contributed by atoms with Crippen molar-refractivity contribution in [3.8, 4) is 0 Å². The molecular weight excluding hydrogens is 220 g/mol. The number of halogens is 1. The van der Waals surface area contributed by atoms with Gasteiger partial charge in [0.15, 0.2) is 0 Å². The molecule has 1 aliphatic rings. The molecule has 1 aliphatic heterocycles. The van der Waals surface area contributed by atoms with Crippen LogP contribution in [0, 0.1) is 11.8 Å². The second-order valence-corrected chi connectivity index (χ2v) is 5.29. The molecule has 1 aromatic heterocycles. The first-order valence-electron chi connectivity index (χ1n) is 6.03. The molecule has 0 bridgehead atoms. The second-order valence-electron chi connectivity index (χ2n) is 4.91. The largest absolute Gasteiger partial charge is 0.371 e. The number of pyridine rings is 1. The van der Waals surface area contributed by atoms with Gasteiger partial charge in [-0.05, 0) is 36.8 Å². The molecule has 88 valence electrons. The first-order chi connectivity index (χ1) is 7.66. The minimum absolute atomic E-state index is 0.587. The molecule has 2 heterocycles. The van der Waals surface area contributed by atoms with E-state index in [1.165, 1.54) is 18.5 Å². The maximum absolute atomic E-state index is 5.91. The van der Waals surface area contributed by atoms with E-state index in [0.717, 1.165) is 24.9 Å². The summed E-state index contributed by atoms with van der Waals surface area (Å²) in [6.07, 6.45) is 4.36. The molecule has 0 unspecified atom stereocenters. The minimum Gasteiger partial charge on any atom is -0.371 e. The normalized spacial score (nSPS) is 18.1. The van der Waals surface area contributed by atoms with E-state index in [1.54, 1.807) is 6.20 Å². The first-order valence-corrected chi connectivity index (χ1v) is 6.41. The van der Waals surface area contributed by atoms with Gasteiger partial charge >= 0.3 is 0 Å². The van der Waals surface area contributed by atoms with Crippen LogP contribution in [0.25, 0.3) is 0 Å². The SMILES string of the molecule is CC(C)C1CCN(c2ccnc(Cl)c2)CC1. The average molecular weight is 239 g/mol. The maximum atomic E-state index is 5.91. The molecular formula is C13H19ClN2. The number of aromatic nitrogens is 1. The quantitative estimate of drug-likeness (QED) is 0.732. The van der Waals surface area contributed by atoms with Crippen LogP contribution >= 0.6 is 11.6 Å². The zero-order valence-corrected chi connectivity index (χ0v) is 10.7. The van der Waals surface area contributed by atoms with Crippen molar-refractivity contribution in [3.05, 3.63) is 23.5 Å². The minimum atomic E-state index is 0.587. The van der Waals surface area contributed by atoms with E-state index in [2.05, 4.69) is 23.7 Å². The molecule has 16 heavy (non-hydrogen) atoms. The Morgan fingerprint density at radius 2 is 2.06 bits per heavy atom. The van der Waals surface area contributed by atoms with Crippen LogP contribution in [0.4, 0.5) is 5.69 Å². The fourth-order valence-electron chi connectivity index (χ4n) is 2.41. The van der Waals surface area contributed by atoms with E-state index in [1.807, 2.05) is 12.1 Å². The van der Waals surface area contributed by atoms with Crippen LogP contribution in [0.2, 0.25) is 5.15 Å². The summed E-state index contributed by atoms with van der Waals surface area (Å²) in [6.45, 7) is 6.93. The van der Waals surface area contributed by atoms with Crippen LogP contribution in [0.1, 0.15) is 26.7 Å². The highest BCUT2D eigenvalue weighted by atomic mass is 35.5. The van der Waals surface area contributed by atoms with Gasteiger partial charge in [-0.25, -0.2) is 4.98 Å². The Hall–Kier alpha value is -0.760. The van der Waals surface area contributed by atoms with Crippen molar-refractivity contribution in [2.24, 2.45) is 11.8 Å². The number of hydrogen-bond acceptors (Lipinski definition) is 2. The molecule has 0 N–H and O–H groups in total. The van der Waals surface area contributed by atoms with Gasteiger partial charge in [-0.1, -0.05) is 25.4 Å². The van der Waals surface area contributed by atoms with E-state index in [4.69, 9.17) is 11.6 Å². The molecule has 1 fully saturated rings. The topological polar surface area (TPSA) is 16.1 Å². The Labute approximate surface area is 103 Å². The van der Waals surface area contributed by atoms with Crippen molar-refractivity contribution in [1.29, 1.82) is 0 Å². The van der Waals surface area contributed by atoms with Gasteiger partial charge in [0, 0.05) is 25.0 Å². The summed E-state index contributed by atoms with van der Waals surface area (Å²) in [4.78, 5) is 6.43. The third-order valence-electron chi connectivity index (χ3n) is 3.56. The standard InChI is InChI=1S/C13H19ClN2/c1-10(2)11-4-7-16(8-5-11)12-3-6-15-13(14)9-12/h3,6,9-11H,4-5,7-8H2,1-2H3. The molecule has 0 spiro atoms. The molecule has 0 radical (unpaired) electrons. The van der Waals surface area contributed by atoms with Gasteiger partial charge in [-0.2, -0.15) is 0 Å². The van der Waals surface area contributed by atoms with E-state index in [9.17, 15) is 0 Å². The van der Waals surface area contributed by atoms with Gasteiger partial charge in [0.05, 0.1) is 0 Å². The van der Waals surface area contributed by atoms with Crippen LogP contribution < -0.4 is 4.90 Å². The molecule has 0 atom stereocenters. The van der Waals surface area contributed by atoms with Gasteiger partial charge in [0.2, 0.25) is 0 Å². The Morgan fingerprint density at radius 1 is 1.38 bits per heavy atom. The van der Waals surface area contributed by atoms with Crippen molar-refractivity contribution in [2.45, 2.75) is 26.7 Å². The van der Waals surface area contributed by atoms with Crippen molar-refractivity contribution in [2.75, 3.05) is 18.0 Å². The molecule has 0 aliphatic carbocycles. The number of rotatable bonds is 2. The fraction of sp³-hybridized carbons (Fsp3) is 0.615. The lowest BCUT2D eigenvalue weighted by atomic mass is 9.86. The second kappa shape index (κ2) is 5.05. The van der Waals surface area contributed by atoms with Gasteiger partial charge < -0.3 is 4.90 Å². The van der Waals surface area contributed by atoms with Gasteiger partial charge in [-0.15, -0.1) is 0 Å². The fourth-order valence-corrected chi connectivity index (χ4v) is 2.58. The van der Waals surface area contributed by atoms with Crippen LogP contribution in [0.5, 0.6) is 0 Å². The van der Waals surface area contributed by atoms with E-state index in [-0.39, 0.29) is 0 Å². The summed E-state index contributed by atoms with van der Waals surface area (Å²) in [5.74, 6) is 1.69. The van der Waals surface area contributed by atoms with Gasteiger partial charge in [0.25, 0.3) is 0 Å². The Balaban J connectivity index is 1.99. The van der Waals surface area contributed by atoms with Crippen molar-refractivity contribution in [1.82, 2.24) is 4.98 Å². The van der Waals surface area contributed by atoms with E-state index >= 15 is 0 Å². The summed E-state index contributed by atoms with van der Waals surface area (Å²) >= 11 is 5.91. The lowest BCUT2D eigenvalue weighted by Crippen LogP contribution is -2.35. The number of anilines is 1. The van der Waals surface area contributed by atoms with Gasteiger partial charge in [0.1, 0.15) is 5.15 Å². The zero-order valence-electron chi connectivity index (χ0n) is 9.99. The molecule has 3 heteroatoms. The summed E-state index contributed by atoms with van der Waals surface area (Å²) in [6, 6.07) is 4.00. The van der Waals surface area contributed by atoms with Crippen molar-refractivity contribution >= 4 is 17.3 Å². The molecule has 2 rings (SSSR count). The van der Waals surface area contributed by atoms with Crippen molar-refractivity contribution in [3.63, 3.8) is 0 Å². The zero-order chi connectivity index (χ0) is 11.5. The van der Waals surface area contributed by atoms with Crippen molar-refractivity contribution < 1.29 is 0 Å². The molecule has 2 nitrogen and oxygen atoms in total. The summed E-state index contributed by atoms with van der Waals surface area (Å²) in [5.41, 5.74) is 1.21. The Morgan fingerprint density at radius 3 is 2.62 bits per heavy atom. The number of hydrogen-bond donors (Lipinski definition) is 0. The molecule has 1 saturated heterocycles. The van der Waals surface area contributed by atoms with Crippen LogP contribution in [0.3, 0.4) is 0 Å². The monoisotopic (exact) mass is 238 g/mol. The maximum Gasteiger partial charge on any atom is 0.131 e. The van der Waals surface area contributed by atoms with Crippen LogP contribution in [0.15, 0.2) is 18.3 Å². The van der Waals surface area contributed by atoms with Crippen LogP contribution in [-0.4, -0.2) is 18.1 Å². The Bertz CT molecular complexity index is 344. The number of nitrogens with zero attached hydrogens (tertiary/aromatic N) is 2. The Kier molecular flexibility index (Phi) is 3.70. The predicted molar refractivity (Wildman–Crippen MR) is 69.0 cm³/mol. The summed E-state index contributed by atoms with van der Waals surface area (Å²) in [7, 11) is 0. The highest BCUT2D eigenvalue weighted by molar-refractivity contribution is 6.29. The molecule has 0 saturated carbocycles. The smallest absolute Gasteiger partial charge is 0.131 e. The van der Waals surface area contributed by atoms with Gasteiger partial charge in [-0.3, -0.25) is 0 Å². The predicted octanol–water partition coefficient (Wildman–Crippen LogP) is 3.61. The third-order valence-corrected chi connectivity index (χ3v) is 3.76. The highest BCUT2D eigenvalue weighted by Crippen LogP contribution is 2.28. The lowest BCUT2D eigenvalue weighted by Gasteiger charge is -2.35. The molecule has 1 aromatic rings. The number of piperidine rings is 1. The third kappa shape index (κ3) is 2.67. The molecule has 0 aromatic carbocycles. The van der Waals surface area contributed by atoms with E-state index in [0.29, 0.717) is 5.15 Å². The lowest BCUT2D eigenvalue weighted by molar-refractivity contribution is 0.311. The summed E-state index contributed by atoms with van der Waals surface area (Å²) in [5, 5.41) is 0.587. The average Bonchev–Trinajstić information content (AvgIpc) is 2.29. The van der Waals surface area contributed by atoms with E-state index < -0.39 is 0 Å². The highest BCUT2D eigenvalue weighted by Gasteiger charge is 2.21.